The van der Waals surface area contributed by atoms with E-state index in [0.717, 1.165) is 40.4 Å². The monoisotopic (exact) mass is 329 g/mol. The average Bonchev–Trinajstić information content (AvgIpc) is 2.67. The molecule has 2 aromatic carbocycles. The van der Waals surface area contributed by atoms with Crippen LogP contribution in [-0.4, -0.2) is 17.1 Å². The van der Waals surface area contributed by atoms with E-state index in [9.17, 15) is 0 Å². The smallest absolute Gasteiger partial charge is 0.150 e. The molecule has 0 unspecified atom stereocenters. The predicted molar refractivity (Wildman–Crippen MR) is 102 cm³/mol. The predicted octanol–water partition coefficient (Wildman–Crippen LogP) is 4.16. The molecule has 4 rings (SSSR count). The molecule has 0 saturated carbocycles. The van der Waals surface area contributed by atoms with Crippen LogP contribution in [0.15, 0.2) is 60.8 Å². The Morgan fingerprint density at radius 1 is 0.960 bits per heavy atom. The standard InChI is InChI=1S/C21H19N3O/c1-25-16-10-7-14(8-11-16)6-9-15-12-13-23-20-19(15)17-4-2-3-5-18(17)24-21(20)22/h2-5,7-8,10-13H,6,9H2,1H3,(H2,22,24). The number of benzene rings is 2. The van der Waals surface area contributed by atoms with Crippen LogP contribution in [0.2, 0.25) is 0 Å². The quantitative estimate of drug-likeness (QED) is 0.571. The van der Waals surface area contributed by atoms with Gasteiger partial charge in [-0.2, -0.15) is 0 Å². The first-order valence-corrected chi connectivity index (χ1v) is 8.31. The van der Waals surface area contributed by atoms with Gasteiger partial charge in [-0.25, -0.2) is 4.98 Å². The molecule has 25 heavy (non-hydrogen) atoms. The SMILES string of the molecule is COc1ccc(CCc2ccnc3c(N)nc4ccccc4c23)cc1. The molecule has 4 heteroatoms. The van der Waals surface area contributed by atoms with Crippen molar-refractivity contribution in [3.8, 4) is 5.75 Å². The van der Waals surface area contributed by atoms with E-state index in [0.29, 0.717) is 5.82 Å². The number of rotatable bonds is 4. The Kier molecular flexibility index (Phi) is 3.94. The Morgan fingerprint density at radius 2 is 1.76 bits per heavy atom. The molecule has 0 spiro atoms. The zero-order chi connectivity index (χ0) is 17.2. The highest BCUT2D eigenvalue weighted by atomic mass is 16.5. The molecule has 0 amide bonds. The van der Waals surface area contributed by atoms with Gasteiger partial charge in [0.1, 0.15) is 11.3 Å². The molecule has 2 N–H and O–H groups in total. The molecule has 0 bridgehead atoms. The Hall–Kier alpha value is -3.14. The molecule has 0 saturated heterocycles. The summed E-state index contributed by atoms with van der Waals surface area (Å²) in [5.41, 5.74) is 10.4. The number of fused-ring (bicyclic) bond motifs is 3. The highest BCUT2D eigenvalue weighted by Crippen LogP contribution is 2.29. The number of ether oxygens (including phenoxy) is 1. The molecule has 0 atom stereocenters. The van der Waals surface area contributed by atoms with Crippen molar-refractivity contribution >= 4 is 27.6 Å². The minimum Gasteiger partial charge on any atom is -0.497 e. The first-order valence-electron chi connectivity index (χ1n) is 8.31. The van der Waals surface area contributed by atoms with E-state index in [1.165, 1.54) is 11.1 Å². The molecule has 4 nitrogen and oxygen atoms in total. The van der Waals surface area contributed by atoms with Gasteiger partial charge in [-0.05, 0) is 48.2 Å². The van der Waals surface area contributed by atoms with Crippen LogP contribution in [0.1, 0.15) is 11.1 Å². The number of nitrogens with zero attached hydrogens (tertiary/aromatic N) is 2. The molecule has 0 aliphatic carbocycles. The number of methoxy groups -OCH3 is 1. The summed E-state index contributed by atoms with van der Waals surface area (Å²) in [6.45, 7) is 0. The first kappa shape index (κ1) is 15.4. The van der Waals surface area contributed by atoms with Gasteiger partial charge in [-0.3, -0.25) is 4.98 Å². The lowest BCUT2D eigenvalue weighted by molar-refractivity contribution is 0.414. The fraction of sp³-hybridized carbons (Fsp3) is 0.143. The van der Waals surface area contributed by atoms with Gasteiger partial charge in [-0.15, -0.1) is 0 Å². The van der Waals surface area contributed by atoms with Crippen LogP contribution in [0, 0.1) is 0 Å². The van der Waals surface area contributed by atoms with Gasteiger partial charge in [0.05, 0.1) is 12.6 Å². The number of hydrogen-bond acceptors (Lipinski definition) is 4. The normalized spacial score (nSPS) is 11.1. The van der Waals surface area contributed by atoms with Gasteiger partial charge >= 0.3 is 0 Å². The van der Waals surface area contributed by atoms with Crippen LogP contribution >= 0.6 is 0 Å². The number of pyridine rings is 2. The minimum absolute atomic E-state index is 0.486. The Labute approximate surface area is 146 Å². The molecule has 124 valence electrons. The maximum Gasteiger partial charge on any atom is 0.150 e. The first-order chi connectivity index (χ1) is 12.3. The second-order valence-corrected chi connectivity index (χ2v) is 6.06. The van der Waals surface area contributed by atoms with E-state index in [2.05, 4.69) is 34.2 Å². The van der Waals surface area contributed by atoms with Crippen LogP contribution in [0.5, 0.6) is 5.75 Å². The van der Waals surface area contributed by atoms with Crippen molar-refractivity contribution in [3.63, 3.8) is 0 Å². The summed E-state index contributed by atoms with van der Waals surface area (Å²) < 4.78 is 5.22. The Morgan fingerprint density at radius 3 is 2.56 bits per heavy atom. The van der Waals surface area contributed by atoms with E-state index < -0.39 is 0 Å². The lowest BCUT2D eigenvalue weighted by Crippen LogP contribution is -1.99. The minimum atomic E-state index is 0.486. The van der Waals surface area contributed by atoms with Crippen molar-refractivity contribution in [1.82, 2.24) is 9.97 Å². The van der Waals surface area contributed by atoms with E-state index in [4.69, 9.17) is 10.5 Å². The van der Waals surface area contributed by atoms with Crippen LogP contribution in [0.3, 0.4) is 0 Å². The van der Waals surface area contributed by atoms with Crippen LogP contribution < -0.4 is 10.5 Å². The van der Waals surface area contributed by atoms with Crippen LogP contribution in [0.4, 0.5) is 5.82 Å². The van der Waals surface area contributed by atoms with E-state index in [-0.39, 0.29) is 0 Å². The Balaban J connectivity index is 1.76. The number of anilines is 1. The maximum atomic E-state index is 6.14. The number of aryl methyl sites for hydroxylation is 2. The van der Waals surface area contributed by atoms with Crippen molar-refractivity contribution in [3.05, 3.63) is 71.9 Å². The van der Waals surface area contributed by atoms with Gasteiger partial charge in [0.25, 0.3) is 0 Å². The summed E-state index contributed by atoms with van der Waals surface area (Å²) in [7, 11) is 1.68. The molecule has 2 aromatic heterocycles. The summed E-state index contributed by atoms with van der Waals surface area (Å²) in [4.78, 5) is 8.95. The number of hydrogen-bond donors (Lipinski definition) is 1. The third-order valence-electron chi connectivity index (χ3n) is 4.54. The summed E-state index contributed by atoms with van der Waals surface area (Å²) in [6.07, 6.45) is 3.68. The van der Waals surface area contributed by atoms with Gasteiger partial charge in [0, 0.05) is 17.0 Å². The number of aromatic nitrogens is 2. The van der Waals surface area contributed by atoms with Crippen molar-refractivity contribution in [2.75, 3.05) is 12.8 Å². The third kappa shape index (κ3) is 2.87. The fourth-order valence-electron chi connectivity index (χ4n) is 3.24. The van der Waals surface area contributed by atoms with E-state index in [1.807, 2.05) is 36.5 Å². The average molecular weight is 329 g/mol. The maximum absolute atomic E-state index is 6.14. The zero-order valence-electron chi connectivity index (χ0n) is 14.1. The molecule has 0 aliphatic heterocycles. The summed E-state index contributed by atoms with van der Waals surface area (Å²) >= 11 is 0. The van der Waals surface area contributed by atoms with E-state index in [1.54, 1.807) is 7.11 Å². The van der Waals surface area contributed by atoms with Crippen LogP contribution in [-0.2, 0) is 12.8 Å². The van der Waals surface area contributed by atoms with Crippen molar-refractivity contribution < 1.29 is 4.74 Å². The topological polar surface area (TPSA) is 61.0 Å². The molecule has 0 radical (unpaired) electrons. The number of nitrogens with two attached hydrogens (primary N) is 1. The second-order valence-electron chi connectivity index (χ2n) is 6.06. The van der Waals surface area contributed by atoms with Crippen molar-refractivity contribution in [2.24, 2.45) is 0 Å². The van der Waals surface area contributed by atoms with Gasteiger partial charge in [0.15, 0.2) is 5.82 Å². The van der Waals surface area contributed by atoms with Gasteiger partial charge in [-0.1, -0.05) is 30.3 Å². The van der Waals surface area contributed by atoms with Crippen molar-refractivity contribution in [2.45, 2.75) is 12.8 Å². The third-order valence-corrected chi connectivity index (χ3v) is 4.54. The molecule has 2 heterocycles. The number of para-hydroxylation sites is 1. The second kappa shape index (κ2) is 6.40. The zero-order valence-corrected chi connectivity index (χ0v) is 14.1. The lowest BCUT2D eigenvalue weighted by atomic mass is 9.98. The van der Waals surface area contributed by atoms with Gasteiger partial charge in [0.2, 0.25) is 0 Å². The highest BCUT2D eigenvalue weighted by molar-refractivity contribution is 6.09. The molecule has 0 aliphatic rings. The van der Waals surface area contributed by atoms with Crippen LogP contribution in [0.25, 0.3) is 21.8 Å². The largest absolute Gasteiger partial charge is 0.497 e. The van der Waals surface area contributed by atoms with E-state index >= 15 is 0 Å². The Bertz CT molecular complexity index is 1040. The molecule has 4 aromatic rings. The summed E-state index contributed by atoms with van der Waals surface area (Å²) in [6, 6.07) is 18.4. The molecule has 0 fully saturated rings. The summed E-state index contributed by atoms with van der Waals surface area (Å²) in [5, 5.41) is 2.21. The summed E-state index contributed by atoms with van der Waals surface area (Å²) in [5.74, 6) is 1.36. The van der Waals surface area contributed by atoms with Gasteiger partial charge < -0.3 is 10.5 Å². The van der Waals surface area contributed by atoms with Crippen molar-refractivity contribution in [1.29, 1.82) is 0 Å². The highest BCUT2D eigenvalue weighted by Gasteiger charge is 2.11. The molecular formula is C21H19N3O. The number of nitrogen functional groups attached to an aromatic ring is 1. The fourth-order valence-corrected chi connectivity index (χ4v) is 3.24. The molecular weight excluding hydrogens is 310 g/mol. The lowest BCUT2D eigenvalue weighted by Gasteiger charge is -2.11.